The lowest BCUT2D eigenvalue weighted by Gasteiger charge is -2.11. The van der Waals surface area contributed by atoms with Crippen LogP contribution in [0.4, 0.5) is 23.4 Å². The van der Waals surface area contributed by atoms with E-state index in [0.29, 0.717) is 5.56 Å². The molecule has 0 amide bonds. The maximum Gasteiger partial charge on any atom is 0.432 e. The Morgan fingerprint density at radius 1 is 1.32 bits per heavy atom. The molecule has 118 valence electrons. The summed E-state index contributed by atoms with van der Waals surface area (Å²) in [4.78, 5) is 0. The second-order valence-electron chi connectivity index (χ2n) is 4.36. The van der Waals surface area contributed by atoms with Gasteiger partial charge in [0, 0.05) is 17.6 Å². The summed E-state index contributed by atoms with van der Waals surface area (Å²) in [5, 5.41) is 11.0. The van der Waals surface area contributed by atoms with E-state index in [9.17, 15) is 17.6 Å². The van der Waals surface area contributed by atoms with Gasteiger partial charge in [-0.2, -0.15) is 18.3 Å². The summed E-state index contributed by atoms with van der Waals surface area (Å²) in [6.07, 6.45) is -4.50. The van der Waals surface area contributed by atoms with Gasteiger partial charge in [-0.25, -0.2) is 4.39 Å². The third-order valence-electron chi connectivity index (χ3n) is 2.67. The van der Waals surface area contributed by atoms with E-state index in [1.54, 1.807) is 0 Å². The van der Waals surface area contributed by atoms with Crippen LogP contribution in [0.3, 0.4) is 0 Å². The minimum atomic E-state index is -4.50. The number of nitrogens with zero attached hydrogens (tertiary/aromatic N) is 1. The second-order valence-corrected chi connectivity index (χ2v) is 4.76. The molecule has 0 saturated carbocycles. The van der Waals surface area contributed by atoms with Crippen molar-refractivity contribution in [1.29, 1.82) is 0 Å². The Balaban J connectivity index is 1.92. The van der Waals surface area contributed by atoms with Gasteiger partial charge in [-0.15, -0.1) is 0 Å². The number of anilines is 1. The number of nitrogens with one attached hydrogen (secondary N) is 3. The molecule has 0 unspecified atom stereocenters. The number of benzene rings is 1. The molecule has 0 saturated heterocycles. The highest BCUT2D eigenvalue weighted by Crippen LogP contribution is 2.28. The zero-order chi connectivity index (χ0) is 16.3. The normalized spacial score (nSPS) is 11.3. The summed E-state index contributed by atoms with van der Waals surface area (Å²) in [5.74, 6) is -0.266. The van der Waals surface area contributed by atoms with E-state index in [1.807, 2.05) is 5.10 Å². The predicted octanol–water partition coefficient (Wildman–Crippen LogP) is 3.89. The number of H-pyrrole nitrogens is 1. The van der Waals surface area contributed by atoms with Crippen LogP contribution in [0.1, 0.15) is 11.3 Å². The van der Waals surface area contributed by atoms with E-state index in [0.717, 1.165) is 12.1 Å². The van der Waals surface area contributed by atoms with E-state index in [4.69, 9.17) is 11.6 Å². The van der Waals surface area contributed by atoms with Crippen LogP contribution in [-0.4, -0.2) is 10.2 Å². The van der Waals surface area contributed by atoms with Gasteiger partial charge in [0.25, 0.3) is 0 Å². The zero-order valence-electron chi connectivity index (χ0n) is 11.1. The summed E-state index contributed by atoms with van der Waals surface area (Å²) in [6.45, 7) is 3.83. The smallest absolute Gasteiger partial charge is 0.368 e. The first-order valence-corrected chi connectivity index (χ1v) is 6.40. The van der Waals surface area contributed by atoms with E-state index in [-0.39, 0.29) is 23.2 Å². The van der Waals surface area contributed by atoms with Crippen LogP contribution >= 0.6 is 11.6 Å². The maximum atomic E-state index is 12.9. The fourth-order valence-electron chi connectivity index (χ4n) is 1.60. The third kappa shape index (κ3) is 4.14. The van der Waals surface area contributed by atoms with E-state index in [2.05, 4.69) is 22.3 Å². The van der Waals surface area contributed by atoms with Crippen molar-refractivity contribution in [3.8, 4) is 0 Å². The van der Waals surface area contributed by atoms with Crippen molar-refractivity contribution in [3.63, 3.8) is 0 Å². The first kappa shape index (κ1) is 16.2. The highest BCUT2D eigenvalue weighted by Gasteiger charge is 2.33. The number of rotatable bonds is 5. The van der Waals surface area contributed by atoms with Crippen LogP contribution in [0, 0.1) is 5.82 Å². The molecule has 9 heteroatoms. The van der Waals surface area contributed by atoms with Gasteiger partial charge in [0.2, 0.25) is 0 Å². The Morgan fingerprint density at radius 2 is 2.05 bits per heavy atom. The minimum Gasteiger partial charge on any atom is -0.368 e. The quantitative estimate of drug-likeness (QED) is 0.727. The minimum absolute atomic E-state index is 0.0324. The molecule has 0 spiro atoms. The first-order chi connectivity index (χ1) is 10.3. The monoisotopic (exact) mass is 334 g/mol. The van der Waals surface area contributed by atoms with Crippen LogP contribution in [0.15, 0.2) is 36.7 Å². The molecule has 0 atom stereocenters. The summed E-state index contributed by atoms with van der Waals surface area (Å²) < 4.78 is 50.1. The average molecular weight is 335 g/mol. The molecule has 4 nitrogen and oxygen atoms in total. The van der Waals surface area contributed by atoms with Crippen LogP contribution in [-0.2, 0) is 12.7 Å². The molecular weight excluding hydrogens is 324 g/mol. The average Bonchev–Trinajstić information content (AvgIpc) is 2.86. The van der Waals surface area contributed by atoms with Gasteiger partial charge in [-0.05, 0) is 17.7 Å². The number of hydrogen-bond donors (Lipinski definition) is 3. The lowest BCUT2D eigenvalue weighted by molar-refractivity contribution is -0.141. The third-order valence-corrected chi connectivity index (χ3v) is 3.02. The molecular formula is C13H11ClF4N4. The number of hydrogen-bond acceptors (Lipinski definition) is 3. The van der Waals surface area contributed by atoms with Gasteiger partial charge in [-0.3, -0.25) is 5.10 Å². The van der Waals surface area contributed by atoms with Gasteiger partial charge in [0.15, 0.2) is 5.82 Å². The lowest BCUT2D eigenvalue weighted by atomic mass is 10.2. The number of halogens is 5. The van der Waals surface area contributed by atoms with Gasteiger partial charge >= 0.3 is 6.18 Å². The topological polar surface area (TPSA) is 52.7 Å². The molecule has 1 aromatic carbocycles. The first-order valence-electron chi connectivity index (χ1n) is 6.02. The van der Waals surface area contributed by atoms with Gasteiger partial charge in [0.1, 0.15) is 11.5 Å². The molecule has 1 aromatic heterocycles. The Bertz CT molecular complexity index is 681. The van der Waals surface area contributed by atoms with Crippen molar-refractivity contribution in [3.05, 3.63) is 58.8 Å². The molecule has 0 aliphatic heterocycles. The predicted molar refractivity (Wildman–Crippen MR) is 74.6 cm³/mol. The van der Waals surface area contributed by atoms with Crippen molar-refractivity contribution in [2.24, 2.45) is 0 Å². The summed E-state index contributed by atoms with van der Waals surface area (Å²) in [6, 6.07) is 4.73. The van der Waals surface area contributed by atoms with Gasteiger partial charge in [-0.1, -0.05) is 24.2 Å². The summed E-state index contributed by atoms with van der Waals surface area (Å²) in [7, 11) is 0. The van der Waals surface area contributed by atoms with Crippen molar-refractivity contribution in [2.75, 3.05) is 5.32 Å². The van der Waals surface area contributed by atoms with Crippen molar-refractivity contribution >= 4 is 17.4 Å². The lowest BCUT2D eigenvalue weighted by Crippen LogP contribution is -2.18. The van der Waals surface area contributed by atoms with Crippen LogP contribution in [0.2, 0.25) is 5.02 Å². The number of aromatic amines is 1. The molecule has 2 rings (SSSR count). The molecule has 22 heavy (non-hydrogen) atoms. The number of aromatic nitrogens is 2. The molecule has 1 heterocycles. The molecule has 0 bridgehead atoms. The molecule has 0 aliphatic carbocycles. The number of alkyl halides is 3. The van der Waals surface area contributed by atoms with Gasteiger partial charge < -0.3 is 10.6 Å². The summed E-state index contributed by atoms with van der Waals surface area (Å²) in [5.41, 5.74) is -0.353. The Kier molecular flexibility index (Phi) is 4.60. The fourth-order valence-corrected chi connectivity index (χ4v) is 1.83. The molecule has 3 N–H and O–H groups in total. The molecule has 0 radical (unpaired) electrons. The van der Waals surface area contributed by atoms with Gasteiger partial charge in [0.05, 0.1) is 5.82 Å². The van der Waals surface area contributed by atoms with Crippen LogP contribution in [0.25, 0.3) is 0 Å². The maximum absolute atomic E-state index is 12.9. The molecule has 0 aliphatic rings. The van der Waals surface area contributed by atoms with E-state index >= 15 is 0 Å². The molecule has 2 aromatic rings. The SMILES string of the molecule is C=C(NCc1ccc(F)cc1Cl)Nc1cc(C(F)(F)F)[nH]n1. The largest absolute Gasteiger partial charge is 0.432 e. The second kappa shape index (κ2) is 6.27. The summed E-state index contributed by atoms with van der Waals surface area (Å²) >= 11 is 5.85. The highest BCUT2D eigenvalue weighted by molar-refractivity contribution is 6.31. The van der Waals surface area contributed by atoms with Crippen LogP contribution in [0.5, 0.6) is 0 Å². The highest BCUT2D eigenvalue weighted by atomic mass is 35.5. The van der Waals surface area contributed by atoms with E-state index < -0.39 is 17.7 Å². The Labute approximate surface area is 128 Å². The Morgan fingerprint density at radius 3 is 2.64 bits per heavy atom. The van der Waals surface area contributed by atoms with Crippen molar-refractivity contribution in [2.45, 2.75) is 12.7 Å². The van der Waals surface area contributed by atoms with E-state index in [1.165, 1.54) is 12.1 Å². The van der Waals surface area contributed by atoms with Crippen molar-refractivity contribution < 1.29 is 17.6 Å². The Hall–Kier alpha value is -2.22. The zero-order valence-corrected chi connectivity index (χ0v) is 11.8. The van der Waals surface area contributed by atoms with Crippen molar-refractivity contribution in [1.82, 2.24) is 15.5 Å². The standard InChI is InChI=1S/C13H11ClF4N4/c1-7(19-6-8-2-3-9(15)4-10(8)14)20-12-5-11(21-22-12)13(16,17)18/h2-5,19H,1,6H2,(H2,20,21,22). The fraction of sp³-hybridized carbons (Fsp3) is 0.154. The molecule has 0 fully saturated rings. The van der Waals surface area contributed by atoms with Crippen LogP contribution < -0.4 is 10.6 Å².